The molecule has 1 N–H and O–H groups in total. The molecule has 1 nitrogen and oxygen atoms in total. The minimum atomic E-state index is -2.36. The maximum Gasteiger partial charge on any atom is 0.284 e. The molecule has 0 fully saturated rings. The second kappa shape index (κ2) is 4.09. The van der Waals surface area contributed by atoms with Crippen molar-refractivity contribution in [1.82, 2.24) is 0 Å². The van der Waals surface area contributed by atoms with Crippen LogP contribution >= 0.6 is 11.8 Å². The lowest BCUT2D eigenvalue weighted by Crippen LogP contribution is -2.04. The molecule has 0 aliphatic carbocycles. The van der Waals surface area contributed by atoms with Crippen molar-refractivity contribution in [3.8, 4) is 0 Å². The van der Waals surface area contributed by atoms with Crippen molar-refractivity contribution in [1.29, 1.82) is 0 Å². The smallest absolute Gasteiger partial charge is 0.284 e. The summed E-state index contributed by atoms with van der Waals surface area (Å²) < 4.78 is 22.6. The predicted octanol–water partition coefficient (Wildman–Crippen LogP) is 1.32. The maximum atomic E-state index is 11.3. The van der Waals surface area contributed by atoms with Crippen LogP contribution in [0.3, 0.4) is 0 Å². The second-order valence-electron chi connectivity index (χ2n) is 1.39. The highest BCUT2D eigenvalue weighted by Crippen LogP contribution is 2.18. The first-order chi connectivity index (χ1) is 3.66. The van der Waals surface area contributed by atoms with Crippen molar-refractivity contribution in [3.05, 3.63) is 0 Å². The quantitative estimate of drug-likeness (QED) is 0.641. The molecule has 0 aliphatic heterocycles. The molecule has 0 aromatic carbocycles. The van der Waals surface area contributed by atoms with Gasteiger partial charge < -0.3 is 5.11 Å². The first-order valence-corrected chi connectivity index (χ1v) is 3.15. The molecule has 0 aromatic rings. The molecule has 8 heavy (non-hydrogen) atoms. The minimum absolute atomic E-state index is 0.186. The first-order valence-electron chi connectivity index (χ1n) is 2.21. The van der Waals surface area contributed by atoms with Gasteiger partial charge in [0.2, 0.25) is 0 Å². The Balaban J connectivity index is 3.10. The van der Waals surface area contributed by atoms with Gasteiger partial charge in [-0.15, -0.1) is 0 Å². The van der Waals surface area contributed by atoms with Crippen LogP contribution in [0.1, 0.15) is 6.92 Å². The van der Waals surface area contributed by atoms with Gasteiger partial charge in [0.25, 0.3) is 5.76 Å². The molecule has 4 heteroatoms. The van der Waals surface area contributed by atoms with E-state index in [0.717, 1.165) is 0 Å². The topological polar surface area (TPSA) is 20.2 Å². The van der Waals surface area contributed by atoms with Gasteiger partial charge in [-0.3, -0.25) is 0 Å². The molecular formula is C4H8F2OS. The third kappa shape index (κ3) is 4.33. The fourth-order valence-corrected chi connectivity index (χ4v) is 0.656. The largest absolute Gasteiger partial charge is 0.395 e. The Bertz CT molecular complexity index is 60.0. The van der Waals surface area contributed by atoms with E-state index < -0.39 is 5.76 Å². The van der Waals surface area contributed by atoms with Crippen LogP contribution in [-0.4, -0.2) is 22.7 Å². The molecule has 1 atom stereocenters. The monoisotopic (exact) mass is 142 g/mol. The van der Waals surface area contributed by atoms with E-state index in [-0.39, 0.29) is 11.9 Å². The van der Waals surface area contributed by atoms with Gasteiger partial charge in [0.15, 0.2) is 0 Å². The summed E-state index contributed by atoms with van der Waals surface area (Å²) >= 11 is 0.471. The Kier molecular flexibility index (Phi) is 4.18. The molecule has 0 radical (unpaired) electrons. The third-order valence-corrected chi connectivity index (χ3v) is 1.41. The first kappa shape index (κ1) is 8.17. The average molecular weight is 142 g/mol. The highest BCUT2D eigenvalue weighted by Gasteiger charge is 2.08. The van der Waals surface area contributed by atoms with Crippen LogP contribution in [0.2, 0.25) is 0 Å². The Hall–Kier alpha value is 0.170. The summed E-state index contributed by atoms with van der Waals surface area (Å²) in [4.78, 5) is 0. The van der Waals surface area contributed by atoms with E-state index in [0.29, 0.717) is 11.8 Å². The Morgan fingerprint density at radius 1 is 1.62 bits per heavy atom. The van der Waals surface area contributed by atoms with E-state index in [9.17, 15) is 8.78 Å². The molecule has 0 saturated heterocycles. The van der Waals surface area contributed by atoms with Crippen molar-refractivity contribution in [2.45, 2.75) is 17.9 Å². The molecule has 0 aliphatic rings. The summed E-state index contributed by atoms with van der Waals surface area (Å²) in [5.41, 5.74) is 0. The molecule has 0 bridgehead atoms. The highest BCUT2D eigenvalue weighted by atomic mass is 32.2. The van der Waals surface area contributed by atoms with Gasteiger partial charge in [-0.25, -0.2) is 0 Å². The standard InChI is InChI=1S/C4H8F2OS/c1-3(2-7)8-4(5)6/h3-4,7H,2H2,1H3. The van der Waals surface area contributed by atoms with Gasteiger partial charge in [0.05, 0.1) is 6.61 Å². The fourth-order valence-electron chi connectivity index (χ4n) is 0.219. The van der Waals surface area contributed by atoms with Crippen molar-refractivity contribution in [2.24, 2.45) is 0 Å². The number of hydrogen-bond donors (Lipinski definition) is 1. The van der Waals surface area contributed by atoms with Gasteiger partial charge in [-0.2, -0.15) is 8.78 Å². The van der Waals surface area contributed by atoms with E-state index >= 15 is 0 Å². The van der Waals surface area contributed by atoms with Crippen molar-refractivity contribution < 1.29 is 13.9 Å². The summed E-state index contributed by atoms with van der Waals surface area (Å²) in [5, 5.41) is 7.88. The molecule has 50 valence electrons. The van der Waals surface area contributed by atoms with E-state index in [2.05, 4.69) is 0 Å². The van der Waals surface area contributed by atoms with Crippen molar-refractivity contribution >= 4 is 11.8 Å². The normalized spacial score (nSPS) is 14.6. The summed E-state index contributed by atoms with van der Waals surface area (Å²) in [6.45, 7) is 1.37. The number of alkyl halides is 2. The molecule has 0 heterocycles. The zero-order valence-electron chi connectivity index (χ0n) is 4.47. The van der Waals surface area contributed by atoms with Crippen LogP contribution in [0.15, 0.2) is 0 Å². The molecular weight excluding hydrogens is 134 g/mol. The van der Waals surface area contributed by atoms with Crippen LogP contribution in [-0.2, 0) is 0 Å². The zero-order chi connectivity index (χ0) is 6.57. The molecule has 0 spiro atoms. The van der Waals surface area contributed by atoms with Crippen LogP contribution in [0.4, 0.5) is 8.78 Å². The SMILES string of the molecule is CC(CO)SC(F)F. The Morgan fingerprint density at radius 3 is 2.25 bits per heavy atom. The van der Waals surface area contributed by atoms with Crippen molar-refractivity contribution in [2.75, 3.05) is 6.61 Å². The fraction of sp³-hybridized carbons (Fsp3) is 1.00. The summed E-state index contributed by atoms with van der Waals surface area (Å²) in [7, 11) is 0. The van der Waals surface area contributed by atoms with Gasteiger partial charge in [0, 0.05) is 5.25 Å². The molecule has 1 unspecified atom stereocenters. The summed E-state index contributed by atoms with van der Waals surface area (Å²) in [5.74, 6) is -2.36. The molecule has 0 saturated carbocycles. The van der Waals surface area contributed by atoms with Gasteiger partial charge in [0.1, 0.15) is 0 Å². The van der Waals surface area contributed by atoms with E-state index in [1.54, 1.807) is 6.92 Å². The number of hydrogen-bond acceptors (Lipinski definition) is 2. The number of aliphatic hydroxyl groups excluding tert-OH is 1. The molecule has 0 rings (SSSR count). The predicted molar refractivity (Wildman–Crippen MR) is 30.1 cm³/mol. The van der Waals surface area contributed by atoms with Crippen LogP contribution < -0.4 is 0 Å². The lowest BCUT2D eigenvalue weighted by Gasteiger charge is -2.03. The second-order valence-corrected chi connectivity index (χ2v) is 2.82. The number of rotatable bonds is 3. The third-order valence-electron chi connectivity index (χ3n) is 0.592. The zero-order valence-corrected chi connectivity index (χ0v) is 5.29. The highest BCUT2D eigenvalue weighted by molar-refractivity contribution is 8.00. The number of aliphatic hydroxyl groups is 1. The van der Waals surface area contributed by atoms with Crippen LogP contribution in [0.25, 0.3) is 0 Å². The van der Waals surface area contributed by atoms with Crippen LogP contribution in [0.5, 0.6) is 0 Å². The van der Waals surface area contributed by atoms with Crippen molar-refractivity contribution in [3.63, 3.8) is 0 Å². The number of thioether (sulfide) groups is 1. The minimum Gasteiger partial charge on any atom is -0.395 e. The van der Waals surface area contributed by atoms with E-state index in [1.165, 1.54) is 0 Å². The van der Waals surface area contributed by atoms with Crippen LogP contribution in [0, 0.1) is 0 Å². The van der Waals surface area contributed by atoms with E-state index in [1.807, 2.05) is 0 Å². The van der Waals surface area contributed by atoms with Gasteiger partial charge >= 0.3 is 0 Å². The van der Waals surface area contributed by atoms with E-state index in [4.69, 9.17) is 5.11 Å². The lowest BCUT2D eigenvalue weighted by molar-refractivity contribution is 0.246. The summed E-state index contributed by atoms with van der Waals surface area (Å²) in [6, 6.07) is 0. The number of halogens is 2. The Labute approximate surface area is 51.1 Å². The van der Waals surface area contributed by atoms with Gasteiger partial charge in [-0.1, -0.05) is 18.7 Å². The Morgan fingerprint density at radius 2 is 2.12 bits per heavy atom. The lowest BCUT2D eigenvalue weighted by atomic mass is 10.5. The molecule has 0 aromatic heterocycles. The maximum absolute atomic E-state index is 11.3. The summed E-state index contributed by atoms with van der Waals surface area (Å²) in [6.07, 6.45) is 0. The van der Waals surface area contributed by atoms with Gasteiger partial charge in [-0.05, 0) is 0 Å². The average Bonchev–Trinajstić information content (AvgIpc) is 1.65. The molecule has 0 amide bonds.